The number of aromatic nitrogens is 1. The van der Waals surface area contributed by atoms with E-state index in [1.165, 1.54) is 12.3 Å². The maximum atomic E-state index is 11.9. The van der Waals surface area contributed by atoms with Gasteiger partial charge in [-0.1, -0.05) is 45.7 Å². The average Bonchev–Trinajstić information content (AvgIpc) is 2.53. The van der Waals surface area contributed by atoms with E-state index in [1.54, 1.807) is 6.07 Å². The van der Waals surface area contributed by atoms with Crippen LogP contribution in [0.15, 0.2) is 47.1 Å². The molecule has 0 aliphatic heterocycles. The highest BCUT2D eigenvalue weighted by Crippen LogP contribution is 2.22. The predicted molar refractivity (Wildman–Crippen MR) is 90.2 cm³/mol. The van der Waals surface area contributed by atoms with E-state index in [9.17, 15) is 9.59 Å². The first kappa shape index (κ1) is 17.4. The van der Waals surface area contributed by atoms with Crippen LogP contribution in [0.5, 0.6) is 0 Å². The van der Waals surface area contributed by atoms with E-state index in [4.69, 9.17) is 16.3 Å². The lowest BCUT2D eigenvalue weighted by Gasteiger charge is -2.15. The largest absolute Gasteiger partial charge is 0.452 e. The average molecular weight is 398 g/mol. The molecule has 1 amide bonds. The van der Waals surface area contributed by atoms with Gasteiger partial charge in [-0.25, -0.2) is 9.78 Å². The fourth-order valence-electron chi connectivity index (χ4n) is 1.93. The van der Waals surface area contributed by atoms with Crippen LogP contribution < -0.4 is 5.32 Å². The lowest BCUT2D eigenvalue weighted by atomic mass is 10.1. The van der Waals surface area contributed by atoms with Crippen LogP contribution in [0.2, 0.25) is 5.15 Å². The number of halogens is 2. The molecule has 1 aromatic heterocycles. The van der Waals surface area contributed by atoms with E-state index in [0.717, 1.165) is 10.0 Å². The van der Waals surface area contributed by atoms with Crippen LogP contribution in [-0.4, -0.2) is 23.5 Å². The molecule has 1 atom stereocenters. The molecule has 0 unspecified atom stereocenters. The number of nitrogens with one attached hydrogen (secondary N) is 1. The van der Waals surface area contributed by atoms with E-state index in [1.807, 2.05) is 31.2 Å². The maximum absolute atomic E-state index is 11.9. The number of amides is 1. The first-order valence-electron chi connectivity index (χ1n) is 6.80. The second-order valence-electron chi connectivity index (χ2n) is 4.73. The molecule has 0 aliphatic carbocycles. The molecule has 2 rings (SSSR count). The number of esters is 1. The first-order chi connectivity index (χ1) is 11.0. The topological polar surface area (TPSA) is 68.3 Å². The zero-order valence-electron chi connectivity index (χ0n) is 12.3. The molecule has 0 aliphatic rings. The molecule has 0 fully saturated rings. The van der Waals surface area contributed by atoms with Gasteiger partial charge in [0, 0.05) is 10.7 Å². The van der Waals surface area contributed by atoms with Crippen molar-refractivity contribution in [1.82, 2.24) is 10.3 Å². The van der Waals surface area contributed by atoms with Crippen molar-refractivity contribution in [2.75, 3.05) is 6.61 Å². The minimum atomic E-state index is -0.688. The van der Waals surface area contributed by atoms with Crippen molar-refractivity contribution in [3.63, 3.8) is 0 Å². The lowest BCUT2D eigenvalue weighted by molar-refractivity contribution is -0.124. The molecule has 5 nitrogen and oxygen atoms in total. The van der Waals surface area contributed by atoms with Crippen molar-refractivity contribution >= 4 is 39.4 Å². The Hall–Kier alpha value is -1.92. The standard InChI is InChI=1S/C16H14BrClN2O3/c1-10(11-5-2-3-7-13(11)17)20-14(21)9-23-16(22)12-6-4-8-19-15(12)18/h2-8,10H,9H2,1H3,(H,20,21)/t10-/m0/s1. The summed E-state index contributed by atoms with van der Waals surface area (Å²) < 4.78 is 5.85. The number of benzene rings is 1. The Kier molecular flexibility index (Phi) is 6.12. The molecule has 0 radical (unpaired) electrons. The van der Waals surface area contributed by atoms with E-state index >= 15 is 0 Å². The van der Waals surface area contributed by atoms with Crippen LogP contribution in [0.4, 0.5) is 0 Å². The van der Waals surface area contributed by atoms with Crippen molar-refractivity contribution in [2.45, 2.75) is 13.0 Å². The van der Waals surface area contributed by atoms with Gasteiger partial charge in [0.1, 0.15) is 5.15 Å². The molecule has 120 valence electrons. The normalized spacial score (nSPS) is 11.6. The van der Waals surface area contributed by atoms with Crippen LogP contribution in [0, 0.1) is 0 Å². The van der Waals surface area contributed by atoms with Gasteiger partial charge >= 0.3 is 5.97 Å². The Morgan fingerprint density at radius 2 is 2.04 bits per heavy atom. The third-order valence-corrected chi connectivity index (χ3v) is 4.09. The summed E-state index contributed by atoms with van der Waals surface area (Å²) in [5, 5.41) is 2.80. The van der Waals surface area contributed by atoms with Crippen molar-refractivity contribution in [1.29, 1.82) is 0 Å². The monoisotopic (exact) mass is 396 g/mol. The van der Waals surface area contributed by atoms with Gasteiger partial charge in [0.25, 0.3) is 5.91 Å². The summed E-state index contributed by atoms with van der Waals surface area (Å²) in [5.41, 5.74) is 1.06. The van der Waals surface area contributed by atoms with Crippen molar-refractivity contribution in [2.24, 2.45) is 0 Å². The summed E-state index contributed by atoms with van der Waals surface area (Å²) in [4.78, 5) is 27.5. The van der Waals surface area contributed by atoms with Gasteiger partial charge in [0.05, 0.1) is 11.6 Å². The van der Waals surface area contributed by atoms with E-state index in [2.05, 4.69) is 26.2 Å². The molecule has 0 saturated heterocycles. The fourth-order valence-corrected chi connectivity index (χ4v) is 2.76. The molecule has 1 aromatic carbocycles. The molecule has 23 heavy (non-hydrogen) atoms. The number of pyridine rings is 1. The van der Waals surface area contributed by atoms with Crippen molar-refractivity contribution in [3.8, 4) is 0 Å². The molecule has 1 heterocycles. The fraction of sp³-hybridized carbons (Fsp3) is 0.188. The molecule has 1 N–H and O–H groups in total. The number of carbonyl (C=O) groups is 2. The minimum Gasteiger partial charge on any atom is -0.452 e. The highest BCUT2D eigenvalue weighted by Gasteiger charge is 2.16. The summed E-state index contributed by atoms with van der Waals surface area (Å²) in [7, 11) is 0. The van der Waals surface area contributed by atoms with Gasteiger partial charge in [0.15, 0.2) is 6.61 Å². The van der Waals surface area contributed by atoms with E-state index in [-0.39, 0.29) is 16.8 Å². The van der Waals surface area contributed by atoms with Gasteiger partial charge in [0.2, 0.25) is 0 Å². The molecule has 0 saturated carbocycles. The molecular formula is C16H14BrClN2O3. The zero-order chi connectivity index (χ0) is 16.8. The number of carbonyl (C=O) groups excluding carboxylic acids is 2. The van der Waals surface area contributed by atoms with Gasteiger partial charge < -0.3 is 10.1 Å². The van der Waals surface area contributed by atoms with Gasteiger partial charge in [-0.3, -0.25) is 4.79 Å². The van der Waals surface area contributed by atoms with Crippen LogP contribution in [0.1, 0.15) is 28.9 Å². The van der Waals surface area contributed by atoms with Crippen molar-refractivity contribution < 1.29 is 14.3 Å². The minimum absolute atomic E-state index is 0.0412. The molecule has 2 aromatic rings. The van der Waals surface area contributed by atoms with Crippen LogP contribution >= 0.6 is 27.5 Å². The van der Waals surface area contributed by atoms with Crippen LogP contribution in [-0.2, 0) is 9.53 Å². The SMILES string of the molecule is C[C@H](NC(=O)COC(=O)c1cccnc1Cl)c1ccccc1Br. The van der Waals surface area contributed by atoms with E-state index in [0.29, 0.717) is 0 Å². The molecule has 7 heteroatoms. The summed E-state index contributed by atoms with van der Waals surface area (Å²) in [6.07, 6.45) is 1.46. The smallest absolute Gasteiger partial charge is 0.341 e. The Morgan fingerprint density at radius 1 is 1.30 bits per heavy atom. The Balaban J connectivity index is 1.89. The summed E-state index contributed by atoms with van der Waals surface area (Å²) in [6.45, 7) is 1.46. The van der Waals surface area contributed by atoms with Gasteiger partial charge in [-0.05, 0) is 30.7 Å². The number of hydrogen-bond donors (Lipinski definition) is 1. The van der Waals surface area contributed by atoms with Crippen molar-refractivity contribution in [3.05, 3.63) is 63.3 Å². The number of hydrogen-bond acceptors (Lipinski definition) is 4. The molecule has 0 spiro atoms. The number of nitrogens with zero attached hydrogens (tertiary/aromatic N) is 1. The quantitative estimate of drug-likeness (QED) is 0.619. The summed E-state index contributed by atoms with van der Waals surface area (Å²) in [5.74, 6) is -1.09. The molecule has 0 bridgehead atoms. The number of ether oxygens (including phenoxy) is 1. The van der Waals surface area contributed by atoms with Gasteiger partial charge in [-0.2, -0.15) is 0 Å². The highest BCUT2D eigenvalue weighted by atomic mass is 79.9. The van der Waals surface area contributed by atoms with Crippen LogP contribution in [0.3, 0.4) is 0 Å². The summed E-state index contributed by atoms with van der Waals surface area (Å²) in [6, 6.07) is 10.4. The predicted octanol–water partition coefficient (Wildman–Crippen LogP) is 3.53. The zero-order valence-corrected chi connectivity index (χ0v) is 14.6. The number of rotatable bonds is 5. The Labute approximate surface area is 147 Å². The lowest BCUT2D eigenvalue weighted by Crippen LogP contribution is -2.31. The first-order valence-corrected chi connectivity index (χ1v) is 7.97. The van der Waals surface area contributed by atoms with E-state index < -0.39 is 18.5 Å². The Morgan fingerprint density at radius 3 is 2.74 bits per heavy atom. The maximum Gasteiger partial charge on any atom is 0.341 e. The van der Waals surface area contributed by atoms with Crippen LogP contribution in [0.25, 0.3) is 0 Å². The van der Waals surface area contributed by atoms with Gasteiger partial charge in [-0.15, -0.1) is 0 Å². The second-order valence-corrected chi connectivity index (χ2v) is 5.94. The third kappa shape index (κ3) is 4.77. The summed E-state index contributed by atoms with van der Waals surface area (Å²) >= 11 is 9.23. The second kappa shape index (κ2) is 8.08. The Bertz CT molecular complexity index is 724. The molecular weight excluding hydrogens is 384 g/mol. The third-order valence-electron chi connectivity index (χ3n) is 3.06. The highest BCUT2D eigenvalue weighted by molar-refractivity contribution is 9.10.